The molecule has 1 aromatic rings. The number of hydrogen-bond acceptors (Lipinski definition) is 7. The SMILES string of the molecule is [2H]C[C@H]1O[C@@H](n2ccc(=O)[nH]c2=O)[C@@H](OCC(COC)NC(=O)C(F)(F)F)C1O. The van der Waals surface area contributed by atoms with Gasteiger partial charge in [-0.25, -0.2) is 4.79 Å². The van der Waals surface area contributed by atoms with Gasteiger partial charge in [0.15, 0.2) is 6.23 Å². The van der Waals surface area contributed by atoms with Gasteiger partial charge in [-0.15, -0.1) is 0 Å². The highest BCUT2D eigenvalue weighted by Gasteiger charge is 2.45. The van der Waals surface area contributed by atoms with Crippen LogP contribution in [-0.4, -0.2) is 71.4 Å². The van der Waals surface area contributed by atoms with Crippen molar-refractivity contribution in [2.24, 2.45) is 0 Å². The van der Waals surface area contributed by atoms with Crippen molar-refractivity contribution in [1.29, 1.82) is 0 Å². The van der Waals surface area contributed by atoms with E-state index in [0.29, 0.717) is 0 Å². The van der Waals surface area contributed by atoms with Gasteiger partial charge in [0.2, 0.25) is 0 Å². The maximum absolute atomic E-state index is 12.5. The molecule has 2 heterocycles. The lowest BCUT2D eigenvalue weighted by molar-refractivity contribution is -0.175. The minimum Gasteiger partial charge on any atom is -0.388 e. The fraction of sp³-hybridized carbons (Fsp3) is 0.667. The lowest BCUT2D eigenvalue weighted by atomic mass is 10.1. The van der Waals surface area contributed by atoms with Gasteiger partial charge in [-0.1, -0.05) is 0 Å². The number of halogens is 3. The average Bonchev–Trinajstić information content (AvgIpc) is 2.94. The highest BCUT2D eigenvalue weighted by atomic mass is 19.4. The topological polar surface area (TPSA) is 132 Å². The second-order valence-electron chi connectivity index (χ2n) is 5.99. The maximum Gasteiger partial charge on any atom is 0.471 e. The standard InChI is InChI=1S/C15H20F3N3O7/c1-7-10(23)11(12(28-7)21-4-3-9(22)20-14(21)25)27-6-8(5-26-2)19-13(24)15(16,17)18/h3-4,7-8,10-12,23H,5-6H2,1-2H3,(H,19,24)(H,20,22,25)/t7-,8?,10?,11+,12-/m1/s1/i1D. The van der Waals surface area contributed by atoms with Crippen LogP contribution in [0.25, 0.3) is 0 Å². The van der Waals surface area contributed by atoms with Gasteiger partial charge >= 0.3 is 17.8 Å². The molecule has 1 saturated heterocycles. The van der Waals surface area contributed by atoms with Crippen molar-refractivity contribution in [1.82, 2.24) is 14.9 Å². The summed E-state index contributed by atoms with van der Waals surface area (Å²) in [5.41, 5.74) is -1.54. The number of hydrogen-bond donors (Lipinski definition) is 3. The number of aromatic nitrogens is 2. The minimum absolute atomic E-state index is 0.323. The maximum atomic E-state index is 12.5. The number of carbonyl (C=O) groups excluding carboxylic acids is 1. The summed E-state index contributed by atoms with van der Waals surface area (Å²) < 4.78 is 61.4. The Hall–Kier alpha value is -2.22. The number of nitrogens with zero attached hydrogens (tertiary/aromatic N) is 1. The Morgan fingerprint density at radius 3 is 2.79 bits per heavy atom. The first-order valence-corrected chi connectivity index (χ1v) is 8.01. The summed E-state index contributed by atoms with van der Waals surface area (Å²) in [4.78, 5) is 36.4. The molecule has 13 heteroatoms. The zero-order valence-electron chi connectivity index (χ0n) is 15.6. The Balaban J connectivity index is 2.18. The second kappa shape index (κ2) is 8.86. The van der Waals surface area contributed by atoms with Gasteiger partial charge in [0.25, 0.3) is 5.56 Å². The molecule has 1 amide bonds. The van der Waals surface area contributed by atoms with Gasteiger partial charge in [-0.2, -0.15) is 13.2 Å². The number of aliphatic hydroxyl groups excluding tert-OH is 1. The van der Waals surface area contributed by atoms with Gasteiger partial charge in [0, 0.05) is 20.7 Å². The summed E-state index contributed by atoms with van der Waals surface area (Å²) in [5.74, 6) is -2.19. The van der Waals surface area contributed by atoms with Crippen molar-refractivity contribution in [3.63, 3.8) is 0 Å². The zero-order chi connectivity index (χ0) is 21.8. The number of aliphatic hydroxyl groups is 1. The van der Waals surface area contributed by atoms with Gasteiger partial charge in [-0.05, 0) is 6.90 Å². The van der Waals surface area contributed by atoms with Crippen LogP contribution in [0.2, 0.25) is 0 Å². The van der Waals surface area contributed by atoms with Crippen molar-refractivity contribution in [2.45, 2.75) is 43.7 Å². The van der Waals surface area contributed by atoms with E-state index in [1.807, 2.05) is 4.98 Å². The third-order valence-corrected chi connectivity index (χ3v) is 3.89. The third kappa shape index (κ3) is 5.19. The average molecular weight is 412 g/mol. The molecule has 2 rings (SSSR count). The fourth-order valence-electron chi connectivity index (χ4n) is 2.58. The van der Waals surface area contributed by atoms with Gasteiger partial charge in [0.1, 0.15) is 12.2 Å². The molecule has 3 N–H and O–H groups in total. The number of rotatable bonds is 7. The number of amides is 1. The van der Waals surface area contributed by atoms with Crippen molar-refractivity contribution in [3.05, 3.63) is 33.1 Å². The molecule has 0 aliphatic carbocycles. The zero-order valence-corrected chi connectivity index (χ0v) is 14.6. The predicted molar refractivity (Wildman–Crippen MR) is 86.5 cm³/mol. The van der Waals surface area contributed by atoms with Crippen LogP contribution >= 0.6 is 0 Å². The molecule has 10 nitrogen and oxygen atoms in total. The van der Waals surface area contributed by atoms with Crippen molar-refractivity contribution in [2.75, 3.05) is 20.3 Å². The van der Waals surface area contributed by atoms with Crippen LogP contribution in [-0.2, 0) is 19.0 Å². The molecule has 0 bridgehead atoms. The Morgan fingerprint density at radius 1 is 1.50 bits per heavy atom. The van der Waals surface area contributed by atoms with Gasteiger partial charge in [0.05, 0.1) is 25.4 Å². The normalized spacial score (nSPS) is 26.7. The summed E-state index contributed by atoms with van der Waals surface area (Å²) in [7, 11) is 1.21. The Kier molecular flexibility index (Phi) is 6.49. The van der Waals surface area contributed by atoms with Crippen LogP contribution in [0.1, 0.15) is 14.5 Å². The molecule has 1 aromatic heterocycles. The number of methoxy groups -OCH3 is 1. The number of aromatic amines is 1. The van der Waals surface area contributed by atoms with E-state index < -0.39 is 60.5 Å². The van der Waals surface area contributed by atoms with E-state index in [4.69, 9.17) is 15.6 Å². The summed E-state index contributed by atoms with van der Waals surface area (Å²) in [6, 6.07) is -0.191. The molecule has 0 saturated carbocycles. The molecular weight excluding hydrogens is 391 g/mol. The lowest BCUT2D eigenvalue weighted by Gasteiger charge is -2.25. The van der Waals surface area contributed by atoms with Crippen LogP contribution < -0.4 is 16.6 Å². The second-order valence-corrected chi connectivity index (χ2v) is 5.99. The van der Waals surface area contributed by atoms with Gasteiger partial charge in [-0.3, -0.25) is 19.1 Å². The monoisotopic (exact) mass is 412 g/mol. The molecule has 0 aromatic carbocycles. The van der Waals surface area contributed by atoms with Crippen LogP contribution in [0.15, 0.2) is 21.9 Å². The molecule has 1 aliphatic heterocycles. The molecule has 2 unspecified atom stereocenters. The number of H-pyrrole nitrogens is 1. The van der Waals surface area contributed by atoms with Crippen molar-refractivity contribution >= 4 is 5.91 Å². The molecule has 158 valence electrons. The van der Waals surface area contributed by atoms with Crippen LogP contribution in [0.4, 0.5) is 13.2 Å². The molecule has 0 radical (unpaired) electrons. The van der Waals surface area contributed by atoms with Crippen LogP contribution in [0, 0.1) is 0 Å². The van der Waals surface area contributed by atoms with Crippen molar-refractivity contribution < 1.29 is 38.7 Å². The third-order valence-electron chi connectivity index (χ3n) is 3.89. The van der Waals surface area contributed by atoms with E-state index in [2.05, 4.69) is 0 Å². The number of nitrogens with one attached hydrogen (secondary N) is 2. The van der Waals surface area contributed by atoms with E-state index >= 15 is 0 Å². The smallest absolute Gasteiger partial charge is 0.388 e. The molecule has 5 atom stereocenters. The number of carbonyl (C=O) groups is 1. The molecule has 1 fully saturated rings. The minimum atomic E-state index is -5.11. The van der Waals surface area contributed by atoms with E-state index in [-0.39, 0.29) is 13.5 Å². The highest BCUT2D eigenvalue weighted by Crippen LogP contribution is 2.30. The largest absolute Gasteiger partial charge is 0.471 e. The number of ether oxygens (including phenoxy) is 3. The summed E-state index contributed by atoms with van der Waals surface area (Å²) in [5, 5.41) is 12.0. The highest BCUT2D eigenvalue weighted by molar-refractivity contribution is 5.81. The van der Waals surface area contributed by atoms with Crippen molar-refractivity contribution in [3.8, 4) is 0 Å². The first-order chi connectivity index (χ1) is 13.6. The first-order valence-electron chi connectivity index (χ1n) is 8.71. The van der Waals surface area contributed by atoms with E-state index in [0.717, 1.165) is 16.8 Å². The summed E-state index contributed by atoms with van der Waals surface area (Å²) in [6.07, 6.45) is -8.97. The summed E-state index contributed by atoms with van der Waals surface area (Å²) >= 11 is 0. The van der Waals surface area contributed by atoms with E-state index in [1.165, 1.54) is 7.11 Å². The predicted octanol–water partition coefficient (Wildman–Crippen LogP) is -1.11. The first kappa shape index (κ1) is 20.5. The molecular formula is C15H20F3N3O7. The fourth-order valence-corrected chi connectivity index (χ4v) is 2.58. The Morgan fingerprint density at radius 2 is 2.21 bits per heavy atom. The van der Waals surface area contributed by atoms with Crippen LogP contribution in [0.3, 0.4) is 0 Å². The van der Waals surface area contributed by atoms with Crippen LogP contribution in [0.5, 0.6) is 0 Å². The molecule has 28 heavy (non-hydrogen) atoms. The lowest BCUT2D eigenvalue weighted by Crippen LogP contribution is -2.48. The Bertz CT molecular complexity index is 815. The molecule has 1 aliphatic rings. The van der Waals surface area contributed by atoms with E-state index in [1.54, 1.807) is 5.32 Å². The van der Waals surface area contributed by atoms with E-state index in [9.17, 15) is 32.7 Å². The van der Waals surface area contributed by atoms with Gasteiger partial charge < -0.3 is 24.6 Å². The number of alkyl halides is 3. The molecule has 0 spiro atoms. The summed E-state index contributed by atoms with van der Waals surface area (Å²) in [6.45, 7) is -1.22. The quantitative estimate of drug-likeness (QED) is 0.518. The Labute approximate surface area is 157 Å².